The fraction of sp³-hybridized carbons (Fsp3) is 0.455. The number of carbonyl (C=O) groups is 4. The summed E-state index contributed by atoms with van der Waals surface area (Å²) in [6, 6.07) is 6.32. The molecule has 0 bridgehead atoms. The maximum Gasteiger partial charge on any atom is 0.329 e. The summed E-state index contributed by atoms with van der Waals surface area (Å²) in [4.78, 5) is 51.0. The van der Waals surface area contributed by atoms with Gasteiger partial charge in [0, 0.05) is 5.69 Å². The van der Waals surface area contributed by atoms with Crippen LogP contribution in [0.3, 0.4) is 0 Å². The van der Waals surface area contributed by atoms with Crippen LogP contribution in [-0.2, 0) is 30.3 Å². The van der Waals surface area contributed by atoms with Gasteiger partial charge in [-0.1, -0.05) is 31.2 Å². The second-order valence-electron chi connectivity index (χ2n) is 7.50. The third kappa shape index (κ3) is 4.23. The number of esters is 1. The van der Waals surface area contributed by atoms with Crippen LogP contribution in [0, 0.1) is 11.8 Å². The summed E-state index contributed by atoms with van der Waals surface area (Å²) in [6.45, 7) is 4.95. The van der Waals surface area contributed by atoms with Crippen molar-refractivity contribution in [1.29, 1.82) is 0 Å². The van der Waals surface area contributed by atoms with Crippen LogP contribution in [0.25, 0.3) is 0 Å². The Labute approximate surface area is 170 Å². The normalized spacial score (nSPS) is 22.8. The molecule has 1 aromatic carbocycles. The number of fused-ring (bicyclic) bond motifs is 1. The quantitative estimate of drug-likeness (QED) is 0.451. The molecule has 1 heterocycles. The van der Waals surface area contributed by atoms with Crippen LogP contribution in [0.4, 0.5) is 5.69 Å². The SMILES string of the molecule is CCc1ccc(NC(=O)[C@H](C)OC(=O)[C@H](C)N2C(=O)[C@H]3CC=CC[C@H]3C2=O)cc1. The van der Waals surface area contributed by atoms with Gasteiger partial charge in [0.15, 0.2) is 6.10 Å². The summed E-state index contributed by atoms with van der Waals surface area (Å²) in [5.41, 5.74) is 1.75. The molecule has 0 spiro atoms. The molecular formula is C22H26N2O5. The van der Waals surface area contributed by atoms with Gasteiger partial charge in [-0.25, -0.2) is 4.79 Å². The van der Waals surface area contributed by atoms with Crippen molar-refractivity contribution in [2.75, 3.05) is 5.32 Å². The predicted molar refractivity (Wildman–Crippen MR) is 107 cm³/mol. The summed E-state index contributed by atoms with van der Waals surface area (Å²) in [6.07, 6.45) is 4.61. The molecular weight excluding hydrogens is 372 g/mol. The molecule has 7 nitrogen and oxygen atoms in total. The molecule has 3 rings (SSSR count). The Morgan fingerprint density at radius 1 is 1.07 bits per heavy atom. The molecule has 29 heavy (non-hydrogen) atoms. The van der Waals surface area contributed by atoms with E-state index in [1.54, 1.807) is 12.1 Å². The number of amides is 3. The van der Waals surface area contributed by atoms with Gasteiger partial charge in [-0.15, -0.1) is 0 Å². The molecule has 154 valence electrons. The summed E-state index contributed by atoms with van der Waals surface area (Å²) in [7, 11) is 0. The van der Waals surface area contributed by atoms with Crippen LogP contribution in [0.2, 0.25) is 0 Å². The molecule has 4 atom stereocenters. The van der Waals surface area contributed by atoms with Crippen LogP contribution in [-0.4, -0.2) is 40.7 Å². The van der Waals surface area contributed by atoms with Gasteiger partial charge < -0.3 is 10.1 Å². The molecule has 7 heteroatoms. The van der Waals surface area contributed by atoms with E-state index in [-0.39, 0.29) is 11.8 Å². The number of nitrogens with one attached hydrogen (secondary N) is 1. The maximum atomic E-state index is 12.6. The Balaban J connectivity index is 1.59. The van der Waals surface area contributed by atoms with Crippen molar-refractivity contribution in [3.05, 3.63) is 42.0 Å². The second-order valence-corrected chi connectivity index (χ2v) is 7.50. The zero-order valence-electron chi connectivity index (χ0n) is 16.9. The highest BCUT2D eigenvalue weighted by Gasteiger charge is 2.50. The molecule has 0 aromatic heterocycles. The number of rotatable bonds is 6. The molecule has 3 amide bonds. The Bertz CT molecular complexity index is 819. The van der Waals surface area contributed by atoms with Crippen LogP contribution in [0.1, 0.15) is 39.2 Å². The van der Waals surface area contributed by atoms with Crippen molar-refractivity contribution in [2.24, 2.45) is 11.8 Å². The topological polar surface area (TPSA) is 92.8 Å². The Morgan fingerprint density at radius 2 is 1.62 bits per heavy atom. The van der Waals surface area contributed by atoms with Gasteiger partial charge in [-0.2, -0.15) is 0 Å². The lowest BCUT2D eigenvalue weighted by Gasteiger charge is -2.23. The van der Waals surface area contributed by atoms with Crippen LogP contribution in [0.15, 0.2) is 36.4 Å². The molecule has 1 saturated heterocycles. The number of carbonyl (C=O) groups excluding carboxylic acids is 4. The Morgan fingerprint density at radius 3 is 2.14 bits per heavy atom. The largest absolute Gasteiger partial charge is 0.451 e. The van der Waals surface area contributed by atoms with Crippen molar-refractivity contribution in [1.82, 2.24) is 4.90 Å². The molecule has 1 aliphatic heterocycles. The van der Waals surface area contributed by atoms with E-state index in [1.165, 1.54) is 13.8 Å². The number of imide groups is 1. The number of hydrogen-bond donors (Lipinski definition) is 1. The lowest BCUT2D eigenvalue weighted by Crippen LogP contribution is -2.46. The molecule has 1 aromatic rings. The monoisotopic (exact) mass is 398 g/mol. The van der Waals surface area contributed by atoms with Gasteiger partial charge in [-0.3, -0.25) is 19.3 Å². The minimum absolute atomic E-state index is 0.345. The smallest absolute Gasteiger partial charge is 0.329 e. The number of benzene rings is 1. The molecule has 0 saturated carbocycles. The van der Waals surface area contributed by atoms with Gasteiger partial charge in [0.05, 0.1) is 11.8 Å². The first kappa shape index (κ1) is 20.8. The maximum absolute atomic E-state index is 12.6. The summed E-state index contributed by atoms with van der Waals surface area (Å²) >= 11 is 0. The summed E-state index contributed by atoms with van der Waals surface area (Å²) < 4.78 is 5.24. The summed E-state index contributed by atoms with van der Waals surface area (Å²) in [5.74, 6) is -2.76. The fourth-order valence-corrected chi connectivity index (χ4v) is 3.71. The van der Waals surface area contributed by atoms with E-state index in [2.05, 4.69) is 5.32 Å². The van der Waals surface area contributed by atoms with E-state index in [9.17, 15) is 19.2 Å². The average Bonchev–Trinajstić information content (AvgIpc) is 2.98. The molecule has 0 radical (unpaired) electrons. The minimum Gasteiger partial charge on any atom is -0.451 e. The summed E-state index contributed by atoms with van der Waals surface area (Å²) in [5, 5.41) is 2.69. The van der Waals surface area contributed by atoms with Crippen LogP contribution in [0.5, 0.6) is 0 Å². The van der Waals surface area contributed by atoms with E-state index in [4.69, 9.17) is 4.74 Å². The zero-order valence-corrected chi connectivity index (χ0v) is 16.9. The number of nitrogens with zero attached hydrogens (tertiary/aromatic N) is 1. The predicted octanol–water partition coefficient (Wildman–Crippen LogP) is 2.46. The van der Waals surface area contributed by atoms with Crippen molar-refractivity contribution < 1.29 is 23.9 Å². The number of allylic oxidation sites excluding steroid dienone is 2. The van der Waals surface area contributed by atoms with Gasteiger partial charge >= 0.3 is 5.97 Å². The minimum atomic E-state index is -1.07. The number of ether oxygens (including phenoxy) is 1. The number of aryl methyl sites for hydroxylation is 1. The highest BCUT2D eigenvalue weighted by atomic mass is 16.5. The van der Waals surface area contributed by atoms with E-state index in [1.807, 2.05) is 31.2 Å². The number of hydrogen-bond acceptors (Lipinski definition) is 5. The average molecular weight is 398 g/mol. The van der Waals surface area contributed by atoms with Crippen molar-refractivity contribution in [2.45, 2.75) is 52.2 Å². The molecule has 1 aliphatic carbocycles. The van der Waals surface area contributed by atoms with Gasteiger partial charge in [0.1, 0.15) is 6.04 Å². The van der Waals surface area contributed by atoms with Crippen molar-refractivity contribution in [3.63, 3.8) is 0 Å². The van der Waals surface area contributed by atoms with Crippen LogP contribution < -0.4 is 5.32 Å². The Hall–Kier alpha value is -2.96. The first-order valence-corrected chi connectivity index (χ1v) is 9.95. The van der Waals surface area contributed by atoms with Gasteiger partial charge in [-0.05, 0) is 50.8 Å². The first-order valence-electron chi connectivity index (χ1n) is 9.95. The van der Waals surface area contributed by atoms with Crippen molar-refractivity contribution in [3.8, 4) is 0 Å². The first-order chi connectivity index (χ1) is 13.8. The highest BCUT2D eigenvalue weighted by molar-refractivity contribution is 6.08. The van der Waals surface area contributed by atoms with E-state index in [0.717, 1.165) is 16.9 Å². The van der Waals surface area contributed by atoms with E-state index >= 15 is 0 Å². The molecule has 0 unspecified atom stereocenters. The molecule has 2 aliphatic rings. The lowest BCUT2D eigenvalue weighted by molar-refractivity contribution is -0.163. The Kier molecular flexibility index (Phi) is 6.15. The third-order valence-corrected chi connectivity index (χ3v) is 5.56. The third-order valence-electron chi connectivity index (χ3n) is 5.56. The second kappa shape index (κ2) is 8.59. The lowest BCUT2D eigenvalue weighted by atomic mass is 9.85. The molecule has 1 N–H and O–H groups in total. The fourth-order valence-electron chi connectivity index (χ4n) is 3.71. The van der Waals surface area contributed by atoms with E-state index < -0.39 is 35.9 Å². The number of anilines is 1. The molecule has 1 fully saturated rings. The van der Waals surface area contributed by atoms with Crippen LogP contribution >= 0.6 is 0 Å². The number of likely N-dealkylation sites (tertiary alicyclic amines) is 1. The van der Waals surface area contributed by atoms with Gasteiger partial charge in [0.2, 0.25) is 11.8 Å². The van der Waals surface area contributed by atoms with Gasteiger partial charge in [0.25, 0.3) is 5.91 Å². The van der Waals surface area contributed by atoms with Crippen molar-refractivity contribution >= 4 is 29.4 Å². The standard InChI is InChI=1S/C22H26N2O5/c1-4-15-9-11-16(12-10-15)23-19(25)14(3)29-22(28)13(2)24-20(26)17-7-5-6-8-18(17)21(24)27/h5-6,9-14,17-18H,4,7-8H2,1-3H3,(H,23,25)/t13-,14-,17-,18+/m0/s1. The highest BCUT2D eigenvalue weighted by Crippen LogP contribution is 2.36. The zero-order chi connectivity index (χ0) is 21.1. The van der Waals surface area contributed by atoms with E-state index in [0.29, 0.717) is 18.5 Å².